The molecule has 0 bridgehead atoms. The second kappa shape index (κ2) is 5.48. The lowest BCUT2D eigenvalue weighted by atomic mass is 10.1. The Balaban J connectivity index is 2.46. The molecular formula is C14H15N3O2. The number of amides is 1. The first kappa shape index (κ1) is 13.0. The molecule has 2 aromatic rings. The summed E-state index contributed by atoms with van der Waals surface area (Å²) in [5.74, 6) is 0.444. The Bertz CT molecular complexity index is 579. The van der Waals surface area contributed by atoms with Crippen LogP contribution in [-0.4, -0.2) is 42.0 Å². The molecule has 0 aliphatic carbocycles. The summed E-state index contributed by atoms with van der Waals surface area (Å²) in [4.78, 5) is 22.0. The topological polar surface area (TPSA) is 55.3 Å². The molecule has 0 atom stereocenters. The zero-order chi connectivity index (χ0) is 13.8. The lowest BCUT2D eigenvalue weighted by Gasteiger charge is -2.13. The molecule has 5 nitrogen and oxygen atoms in total. The lowest BCUT2D eigenvalue weighted by Crippen LogP contribution is -2.22. The third-order valence-electron chi connectivity index (χ3n) is 2.66. The highest BCUT2D eigenvalue weighted by Gasteiger charge is 2.15. The molecule has 0 N–H and O–H groups in total. The minimum Gasteiger partial charge on any atom is -0.481 e. The number of methoxy groups -OCH3 is 1. The molecule has 98 valence electrons. The minimum absolute atomic E-state index is 0.0843. The van der Waals surface area contributed by atoms with Gasteiger partial charge in [0.25, 0.3) is 5.91 Å². The number of carbonyl (C=O) groups is 1. The predicted octanol–water partition coefficient (Wildman–Crippen LogP) is 1.85. The maximum Gasteiger partial charge on any atom is 0.255 e. The molecule has 2 heterocycles. The molecule has 0 saturated heterocycles. The van der Waals surface area contributed by atoms with E-state index in [-0.39, 0.29) is 5.91 Å². The highest BCUT2D eigenvalue weighted by Crippen LogP contribution is 2.22. The average Bonchev–Trinajstić information content (AvgIpc) is 2.46. The minimum atomic E-state index is -0.0843. The quantitative estimate of drug-likeness (QED) is 0.842. The smallest absolute Gasteiger partial charge is 0.255 e. The highest BCUT2D eigenvalue weighted by molar-refractivity contribution is 5.99. The van der Waals surface area contributed by atoms with Gasteiger partial charge >= 0.3 is 0 Å². The van der Waals surface area contributed by atoms with Gasteiger partial charge in [-0.2, -0.15) is 0 Å². The normalized spacial score (nSPS) is 10.1. The Labute approximate surface area is 111 Å². The lowest BCUT2D eigenvalue weighted by molar-refractivity contribution is 0.0828. The fourth-order valence-electron chi connectivity index (χ4n) is 1.69. The second-order valence-corrected chi connectivity index (χ2v) is 4.19. The maximum absolute atomic E-state index is 12.1. The van der Waals surface area contributed by atoms with Crippen molar-refractivity contribution in [3.63, 3.8) is 0 Å². The van der Waals surface area contributed by atoms with Gasteiger partial charge in [0.05, 0.1) is 18.4 Å². The van der Waals surface area contributed by atoms with Crippen LogP contribution in [0.3, 0.4) is 0 Å². The van der Waals surface area contributed by atoms with Crippen LogP contribution in [0.15, 0.2) is 36.7 Å². The largest absolute Gasteiger partial charge is 0.481 e. The first-order valence-corrected chi connectivity index (χ1v) is 5.80. The summed E-state index contributed by atoms with van der Waals surface area (Å²) >= 11 is 0. The van der Waals surface area contributed by atoms with Crippen LogP contribution in [0.4, 0.5) is 0 Å². The Morgan fingerprint density at radius 2 is 2.00 bits per heavy atom. The summed E-state index contributed by atoms with van der Waals surface area (Å²) in [6, 6.07) is 7.08. The molecule has 0 radical (unpaired) electrons. The zero-order valence-corrected chi connectivity index (χ0v) is 11.1. The van der Waals surface area contributed by atoms with Crippen LogP contribution in [0.2, 0.25) is 0 Å². The van der Waals surface area contributed by atoms with Crippen molar-refractivity contribution in [3.05, 3.63) is 42.2 Å². The van der Waals surface area contributed by atoms with Crippen molar-refractivity contribution in [1.82, 2.24) is 14.9 Å². The van der Waals surface area contributed by atoms with Crippen molar-refractivity contribution in [3.8, 4) is 17.1 Å². The van der Waals surface area contributed by atoms with Gasteiger partial charge in [-0.3, -0.25) is 9.78 Å². The summed E-state index contributed by atoms with van der Waals surface area (Å²) in [5.41, 5.74) is 1.96. The first-order valence-electron chi connectivity index (χ1n) is 5.80. The monoisotopic (exact) mass is 257 g/mol. The fourth-order valence-corrected chi connectivity index (χ4v) is 1.69. The van der Waals surface area contributed by atoms with Crippen molar-refractivity contribution in [2.75, 3.05) is 21.2 Å². The van der Waals surface area contributed by atoms with E-state index in [2.05, 4.69) is 9.97 Å². The summed E-state index contributed by atoms with van der Waals surface area (Å²) in [6.07, 6.45) is 3.31. The SMILES string of the molecule is COc1ccc(-c2ncccc2C(=O)N(C)C)cn1. The molecule has 1 amide bonds. The van der Waals surface area contributed by atoms with Crippen molar-refractivity contribution >= 4 is 5.91 Å². The van der Waals surface area contributed by atoms with Crippen molar-refractivity contribution in [2.45, 2.75) is 0 Å². The van der Waals surface area contributed by atoms with Crippen molar-refractivity contribution in [1.29, 1.82) is 0 Å². The maximum atomic E-state index is 12.1. The number of nitrogens with zero attached hydrogens (tertiary/aromatic N) is 3. The first-order chi connectivity index (χ1) is 9.13. The van der Waals surface area contributed by atoms with Crippen LogP contribution in [0, 0.1) is 0 Å². The molecule has 0 aromatic carbocycles. The van der Waals surface area contributed by atoms with E-state index in [0.717, 1.165) is 5.56 Å². The van der Waals surface area contributed by atoms with Crippen molar-refractivity contribution in [2.24, 2.45) is 0 Å². The molecule has 0 saturated carbocycles. The van der Waals surface area contributed by atoms with Gasteiger partial charge in [0.1, 0.15) is 0 Å². The number of aromatic nitrogens is 2. The fraction of sp³-hybridized carbons (Fsp3) is 0.214. The molecule has 5 heteroatoms. The van der Waals surface area contributed by atoms with E-state index in [4.69, 9.17) is 4.74 Å². The summed E-state index contributed by atoms with van der Waals surface area (Å²) < 4.78 is 5.01. The molecular weight excluding hydrogens is 242 g/mol. The van der Waals surface area contributed by atoms with Crippen molar-refractivity contribution < 1.29 is 9.53 Å². The van der Waals surface area contributed by atoms with Gasteiger partial charge in [0, 0.05) is 38.1 Å². The van der Waals surface area contributed by atoms with E-state index >= 15 is 0 Å². The van der Waals surface area contributed by atoms with Crippen LogP contribution in [0.1, 0.15) is 10.4 Å². The van der Waals surface area contributed by atoms with Gasteiger partial charge in [-0.25, -0.2) is 4.98 Å². The van der Waals surface area contributed by atoms with Gasteiger partial charge in [-0.05, 0) is 18.2 Å². The van der Waals surface area contributed by atoms with Crippen LogP contribution in [-0.2, 0) is 0 Å². The number of hydrogen-bond acceptors (Lipinski definition) is 4. The molecule has 2 rings (SSSR count). The Hall–Kier alpha value is -2.43. The average molecular weight is 257 g/mol. The number of hydrogen-bond donors (Lipinski definition) is 0. The summed E-state index contributed by atoms with van der Waals surface area (Å²) in [7, 11) is 4.99. The van der Waals surface area contributed by atoms with Gasteiger partial charge in [0.2, 0.25) is 5.88 Å². The number of rotatable bonds is 3. The van der Waals surface area contributed by atoms with Crippen LogP contribution < -0.4 is 4.74 Å². The molecule has 0 spiro atoms. The molecule has 0 aliphatic heterocycles. The Morgan fingerprint density at radius 1 is 1.21 bits per heavy atom. The number of carbonyl (C=O) groups excluding carboxylic acids is 1. The van der Waals surface area contributed by atoms with Gasteiger partial charge in [-0.1, -0.05) is 0 Å². The molecule has 0 unspecified atom stereocenters. The molecule has 0 fully saturated rings. The van der Waals surface area contributed by atoms with Gasteiger partial charge in [-0.15, -0.1) is 0 Å². The standard InChI is InChI=1S/C14H15N3O2/c1-17(2)14(18)11-5-4-8-15-13(11)10-6-7-12(19-3)16-9-10/h4-9H,1-3H3. The Kier molecular flexibility index (Phi) is 3.75. The van der Waals surface area contributed by atoms with E-state index in [9.17, 15) is 4.79 Å². The third-order valence-corrected chi connectivity index (χ3v) is 2.66. The second-order valence-electron chi connectivity index (χ2n) is 4.19. The molecule has 2 aromatic heterocycles. The highest BCUT2D eigenvalue weighted by atomic mass is 16.5. The van der Waals surface area contributed by atoms with E-state index in [1.54, 1.807) is 51.8 Å². The zero-order valence-electron chi connectivity index (χ0n) is 11.1. The van der Waals surface area contributed by atoms with E-state index < -0.39 is 0 Å². The predicted molar refractivity (Wildman–Crippen MR) is 72.0 cm³/mol. The summed E-state index contributed by atoms with van der Waals surface area (Å²) in [5, 5.41) is 0. The van der Waals surface area contributed by atoms with Gasteiger partial charge in [0.15, 0.2) is 0 Å². The number of ether oxygens (including phenoxy) is 1. The van der Waals surface area contributed by atoms with E-state index in [0.29, 0.717) is 17.1 Å². The van der Waals surface area contributed by atoms with E-state index in [1.807, 2.05) is 6.07 Å². The molecule has 0 aliphatic rings. The van der Waals surface area contributed by atoms with Crippen LogP contribution in [0.25, 0.3) is 11.3 Å². The molecule has 19 heavy (non-hydrogen) atoms. The Morgan fingerprint density at radius 3 is 2.58 bits per heavy atom. The van der Waals surface area contributed by atoms with Gasteiger partial charge < -0.3 is 9.64 Å². The van der Waals surface area contributed by atoms with Crippen LogP contribution >= 0.6 is 0 Å². The number of pyridine rings is 2. The third kappa shape index (κ3) is 2.70. The van der Waals surface area contributed by atoms with E-state index in [1.165, 1.54) is 4.90 Å². The summed E-state index contributed by atoms with van der Waals surface area (Å²) in [6.45, 7) is 0. The van der Waals surface area contributed by atoms with Crippen LogP contribution in [0.5, 0.6) is 5.88 Å².